The molecule has 0 radical (unpaired) electrons. The van der Waals surface area contributed by atoms with Crippen molar-refractivity contribution < 1.29 is 22.6 Å². The number of rotatable bonds is 4. The monoisotopic (exact) mass is 316 g/mol. The molecular weight excluding hydrogens is 305 g/mol. The van der Waals surface area contributed by atoms with Gasteiger partial charge in [-0.1, -0.05) is 0 Å². The van der Waals surface area contributed by atoms with Gasteiger partial charge in [0.2, 0.25) is 0 Å². The summed E-state index contributed by atoms with van der Waals surface area (Å²) in [7, 11) is 2.91. The first-order valence-electron chi connectivity index (χ1n) is 5.98. The van der Waals surface area contributed by atoms with Crippen molar-refractivity contribution in [1.29, 1.82) is 0 Å². The number of benzene rings is 2. The minimum absolute atomic E-state index is 0.168. The van der Waals surface area contributed by atoms with Gasteiger partial charge in [0.15, 0.2) is 11.6 Å². The number of hydrogen-bond donors (Lipinski definition) is 0. The van der Waals surface area contributed by atoms with Crippen LogP contribution in [0.3, 0.4) is 0 Å². The van der Waals surface area contributed by atoms with E-state index in [0.717, 1.165) is 6.07 Å². The van der Waals surface area contributed by atoms with E-state index < -0.39 is 22.8 Å². The fourth-order valence-corrected chi connectivity index (χ4v) is 2.28. The van der Waals surface area contributed by atoms with Gasteiger partial charge in [-0.3, -0.25) is 0 Å². The molecule has 0 aliphatic rings. The Morgan fingerprint density at radius 2 is 1.52 bits per heavy atom. The van der Waals surface area contributed by atoms with Crippen LogP contribution in [-0.4, -0.2) is 14.2 Å². The molecule has 0 aromatic heterocycles. The third-order valence-electron chi connectivity index (χ3n) is 3.03. The molecule has 112 valence electrons. The number of methoxy groups -OCH3 is 2. The number of hydrogen-bond acceptors (Lipinski definition) is 2. The van der Waals surface area contributed by atoms with Crippen LogP contribution >= 0.6 is 11.6 Å². The molecular formula is C15H12ClF3O2. The van der Waals surface area contributed by atoms with E-state index in [1.165, 1.54) is 14.2 Å². The van der Waals surface area contributed by atoms with E-state index in [0.29, 0.717) is 23.1 Å². The molecule has 2 aromatic rings. The zero-order valence-corrected chi connectivity index (χ0v) is 12.0. The van der Waals surface area contributed by atoms with Crippen molar-refractivity contribution in [2.75, 3.05) is 14.2 Å². The third kappa shape index (κ3) is 3.08. The van der Waals surface area contributed by atoms with Crippen molar-refractivity contribution in [2.45, 2.75) is 5.38 Å². The summed E-state index contributed by atoms with van der Waals surface area (Å²) in [5.74, 6) is -2.46. The summed E-state index contributed by atoms with van der Waals surface area (Å²) in [4.78, 5) is 0. The molecule has 1 atom stereocenters. The van der Waals surface area contributed by atoms with Crippen molar-refractivity contribution in [3.8, 4) is 11.5 Å². The standard InChI is InChI=1S/C15H12ClF3O2/c1-20-8-3-4-9(14(5-8)21-2)15(16)10-6-12(18)13(19)7-11(10)17/h3-7,15H,1-2H3. The molecule has 6 heteroatoms. The second-order valence-corrected chi connectivity index (χ2v) is 4.69. The van der Waals surface area contributed by atoms with Crippen molar-refractivity contribution in [2.24, 2.45) is 0 Å². The largest absolute Gasteiger partial charge is 0.497 e. The van der Waals surface area contributed by atoms with Crippen LogP contribution in [0.4, 0.5) is 13.2 Å². The van der Waals surface area contributed by atoms with Crippen LogP contribution in [0.5, 0.6) is 11.5 Å². The zero-order chi connectivity index (χ0) is 15.6. The van der Waals surface area contributed by atoms with Gasteiger partial charge in [0.25, 0.3) is 0 Å². The highest BCUT2D eigenvalue weighted by Gasteiger charge is 2.22. The van der Waals surface area contributed by atoms with Gasteiger partial charge in [0.05, 0.1) is 19.6 Å². The van der Waals surface area contributed by atoms with Crippen molar-refractivity contribution in [1.82, 2.24) is 0 Å². The van der Waals surface area contributed by atoms with Crippen molar-refractivity contribution >= 4 is 11.6 Å². The van der Waals surface area contributed by atoms with E-state index in [-0.39, 0.29) is 5.56 Å². The van der Waals surface area contributed by atoms with E-state index >= 15 is 0 Å². The van der Waals surface area contributed by atoms with Gasteiger partial charge in [0.1, 0.15) is 17.3 Å². The third-order valence-corrected chi connectivity index (χ3v) is 3.50. The molecule has 0 N–H and O–H groups in total. The van der Waals surface area contributed by atoms with E-state index in [1.807, 2.05) is 0 Å². The van der Waals surface area contributed by atoms with Crippen LogP contribution in [0.1, 0.15) is 16.5 Å². The van der Waals surface area contributed by atoms with Crippen LogP contribution in [0.15, 0.2) is 30.3 Å². The molecule has 0 aliphatic heterocycles. The van der Waals surface area contributed by atoms with Crippen LogP contribution < -0.4 is 9.47 Å². The maximum absolute atomic E-state index is 13.8. The molecule has 2 rings (SSSR count). The molecule has 2 nitrogen and oxygen atoms in total. The Hall–Kier alpha value is -1.88. The summed E-state index contributed by atoms with van der Waals surface area (Å²) in [6.45, 7) is 0. The summed E-state index contributed by atoms with van der Waals surface area (Å²) in [5.41, 5.74) is 0.254. The number of ether oxygens (including phenoxy) is 2. The summed E-state index contributed by atoms with van der Waals surface area (Å²) < 4.78 is 50.3. The SMILES string of the molecule is COc1ccc(C(Cl)c2cc(F)c(F)cc2F)c(OC)c1. The van der Waals surface area contributed by atoms with E-state index in [4.69, 9.17) is 21.1 Å². The van der Waals surface area contributed by atoms with Gasteiger partial charge in [0, 0.05) is 23.3 Å². The van der Waals surface area contributed by atoms with Crippen LogP contribution in [-0.2, 0) is 0 Å². The fourth-order valence-electron chi connectivity index (χ4n) is 1.93. The van der Waals surface area contributed by atoms with Gasteiger partial charge < -0.3 is 9.47 Å². The molecule has 0 bridgehead atoms. The average Bonchev–Trinajstić information content (AvgIpc) is 2.49. The van der Waals surface area contributed by atoms with E-state index in [2.05, 4.69) is 0 Å². The predicted octanol–water partition coefficient (Wildman–Crippen LogP) is 4.45. The quantitative estimate of drug-likeness (QED) is 0.613. The highest BCUT2D eigenvalue weighted by molar-refractivity contribution is 6.22. The Morgan fingerprint density at radius 1 is 0.857 bits per heavy atom. The predicted molar refractivity (Wildman–Crippen MR) is 73.6 cm³/mol. The Balaban J connectivity index is 2.49. The minimum atomic E-state index is -1.26. The Morgan fingerprint density at radius 3 is 2.14 bits per heavy atom. The minimum Gasteiger partial charge on any atom is -0.497 e. The van der Waals surface area contributed by atoms with E-state index in [1.54, 1.807) is 18.2 Å². The maximum atomic E-state index is 13.8. The molecule has 0 spiro atoms. The Bertz CT molecular complexity index is 662. The lowest BCUT2D eigenvalue weighted by Gasteiger charge is -2.16. The van der Waals surface area contributed by atoms with Crippen LogP contribution in [0, 0.1) is 17.5 Å². The molecule has 0 heterocycles. The lowest BCUT2D eigenvalue weighted by atomic mass is 10.0. The highest BCUT2D eigenvalue weighted by Crippen LogP contribution is 2.38. The average molecular weight is 317 g/mol. The van der Waals surface area contributed by atoms with Gasteiger partial charge in [-0.05, 0) is 18.2 Å². The topological polar surface area (TPSA) is 18.5 Å². The van der Waals surface area contributed by atoms with E-state index in [9.17, 15) is 13.2 Å². The Kier molecular flexibility index (Phi) is 4.63. The van der Waals surface area contributed by atoms with Gasteiger partial charge >= 0.3 is 0 Å². The normalized spacial score (nSPS) is 12.1. The molecule has 0 aliphatic carbocycles. The first kappa shape index (κ1) is 15.5. The first-order valence-corrected chi connectivity index (χ1v) is 6.42. The summed E-state index contributed by atoms with van der Waals surface area (Å²) in [6, 6.07) is 5.98. The lowest BCUT2D eigenvalue weighted by Crippen LogP contribution is -2.02. The molecule has 0 amide bonds. The second kappa shape index (κ2) is 6.26. The van der Waals surface area contributed by atoms with Crippen molar-refractivity contribution in [3.05, 3.63) is 58.9 Å². The summed E-state index contributed by atoms with van der Waals surface area (Å²) >= 11 is 6.19. The number of alkyl halides is 1. The lowest BCUT2D eigenvalue weighted by molar-refractivity contribution is 0.391. The highest BCUT2D eigenvalue weighted by atomic mass is 35.5. The zero-order valence-electron chi connectivity index (χ0n) is 11.3. The van der Waals surface area contributed by atoms with Crippen LogP contribution in [0.25, 0.3) is 0 Å². The van der Waals surface area contributed by atoms with Crippen LogP contribution in [0.2, 0.25) is 0 Å². The first-order chi connectivity index (χ1) is 9.97. The van der Waals surface area contributed by atoms with Gasteiger partial charge in [-0.2, -0.15) is 0 Å². The maximum Gasteiger partial charge on any atom is 0.161 e. The smallest absolute Gasteiger partial charge is 0.161 e. The fraction of sp³-hybridized carbons (Fsp3) is 0.200. The molecule has 0 saturated carbocycles. The summed E-state index contributed by atoms with van der Waals surface area (Å²) in [5, 5.41) is -1.03. The molecule has 21 heavy (non-hydrogen) atoms. The molecule has 0 saturated heterocycles. The van der Waals surface area contributed by atoms with Gasteiger partial charge in [-0.15, -0.1) is 11.6 Å². The van der Waals surface area contributed by atoms with Gasteiger partial charge in [-0.25, -0.2) is 13.2 Å². The second-order valence-electron chi connectivity index (χ2n) is 4.26. The molecule has 2 aromatic carbocycles. The van der Waals surface area contributed by atoms with Crippen molar-refractivity contribution in [3.63, 3.8) is 0 Å². The summed E-state index contributed by atoms with van der Waals surface area (Å²) in [6.07, 6.45) is 0. The molecule has 1 unspecified atom stereocenters. The Labute approximate surface area is 125 Å². The molecule has 0 fully saturated rings. The number of halogens is 4.